The molecule has 3 rings (SSSR count). The highest BCUT2D eigenvalue weighted by molar-refractivity contribution is 9.10. The first-order chi connectivity index (χ1) is 10.0. The molecule has 0 fully saturated rings. The average molecular weight is 369 g/mol. The van der Waals surface area contributed by atoms with Gasteiger partial charge in [0.25, 0.3) is 0 Å². The van der Waals surface area contributed by atoms with E-state index in [4.69, 9.17) is 9.47 Å². The Kier molecular flexibility index (Phi) is 4.19. The summed E-state index contributed by atoms with van der Waals surface area (Å²) < 4.78 is 11.8. The van der Waals surface area contributed by atoms with Crippen LogP contribution in [0.5, 0.6) is 11.5 Å². The fourth-order valence-electron chi connectivity index (χ4n) is 2.40. The summed E-state index contributed by atoms with van der Waals surface area (Å²) in [6.45, 7) is 7.33. The van der Waals surface area contributed by atoms with Crippen molar-refractivity contribution < 1.29 is 9.47 Å². The first kappa shape index (κ1) is 14.8. The second-order valence-electron chi connectivity index (χ2n) is 5.08. The van der Waals surface area contributed by atoms with Crippen molar-refractivity contribution in [1.29, 1.82) is 0 Å². The maximum Gasteiger partial charge on any atom is 0.231 e. The number of halogens is 1. The van der Waals surface area contributed by atoms with Crippen LogP contribution in [-0.4, -0.2) is 11.8 Å². The molecule has 0 spiro atoms. The Bertz CT molecular complexity index is 672. The summed E-state index contributed by atoms with van der Waals surface area (Å²) in [5.41, 5.74) is 2.27. The van der Waals surface area contributed by atoms with Crippen LogP contribution in [0.2, 0.25) is 0 Å². The molecule has 1 N–H and O–H groups in total. The van der Waals surface area contributed by atoms with Crippen molar-refractivity contribution in [3.8, 4) is 11.5 Å². The summed E-state index contributed by atoms with van der Waals surface area (Å²) in [5.74, 6) is 1.61. The van der Waals surface area contributed by atoms with Crippen LogP contribution in [0.4, 0.5) is 0 Å². The summed E-state index contributed by atoms with van der Waals surface area (Å²) in [5, 5.41) is 4.66. The van der Waals surface area contributed by atoms with E-state index in [1.807, 2.05) is 19.1 Å². The van der Waals surface area contributed by atoms with Gasteiger partial charge < -0.3 is 14.8 Å². The lowest BCUT2D eigenvalue weighted by Gasteiger charge is -2.14. The smallest absolute Gasteiger partial charge is 0.231 e. The Labute approximate surface area is 136 Å². The molecule has 0 radical (unpaired) electrons. The molecule has 0 bridgehead atoms. The number of aromatic nitrogens is 1. The zero-order valence-electron chi connectivity index (χ0n) is 12.2. The number of thiazole rings is 1. The minimum absolute atomic E-state index is 0.272. The van der Waals surface area contributed by atoms with Crippen LogP contribution < -0.4 is 14.8 Å². The van der Waals surface area contributed by atoms with Gasteiger partial charge in [0.1, 0.15) is 0 Å². The Morgan fingerprint density at radius 3 is 2.71 bits per heavy atom. The van der Waals surface area contributed by atoms with Gasteiger partial charge >= 0.3 is 0 Å². The number of hydrogen-bond acceptors (Lipinski definition) is 5. The highest BCUT2D eigenvalue weighted by atomic mass is 79.9. The second kappa shape index (κ2) is 5.94. The van der Waals surface area contributed by atoms with Gasteiger partial charge in [-0.2, -0.15) is 0 Å². The van der Waals surface area contributed by atoms with Crippen molar-refractivity contribution in [3.05, 3.63) is 37.7 Å². The van der Waals surface area contributed by atoms with Gasteiger partial charge in [0, 0.05) is 21.9 Å². The Morgan fingerprint density at radius 2 is 2.05 bits per heavy atom. The predicted molar refractivity (Wildman–Crippen MR) is 87.1 cm³/mol. The Balaban J connectivity index is 1.72. The highest BCUT2D eigenvalue weighted by Gasteiger charge is 2.17. The molecule has 112 valence electrons. The number of fused-ring (bicyclic) bond motifs is 1. The highest BCUT2D eigenvalue weighted by Crippen LogP contribution is 2.37. The second-order valence-corrected chi connectivity index (χ2v) is 7.17. The number of rotatable bonds is 4. The van der Waals surface area contributed by atoms with Crippen LogP contribution in [0.25, 0.3) is 0 Å². The van der Waals surface area contributed by atoms with E-state index >= 15 is 0 Å². The molecular weight excluding hydrogens is 352 g/mol. The van der Waals surface area contributed by atoms with Gasteiger partial charge in [-0.25, -0.2) is 4.98 Å². The van der Waals surface area contributed by atoms with Crippen LogP contribution in [0, 0.1) is 13.8 Å². The van der Waals surface area contributed by atoms with E-state index < -0.39 is 0 Å². The summed E-state index contributed by atoms with van der Waals surface area (Å²) in [7, 11) is 0. The molecule has 2 aromatic rings. The number of hydrogen-bond donors (Lipinski definition) is 1. The lowest BCUT2D eigenvalue weighted by Crippen LogP contribution is -2.18. The van der Waals surface area contributed by atoms with Gasteiger partial charge in [-0.05, 0) is 38.5 Å². The predicted octanol–water partition coefficient (Wildman–Crippen LogP) is 4.10. The minimum atomic E-state index is 0.272. The summed E-state index contributed by atoms with van der Waals surface area (Å²) in [4.78, 5) is 5.78. The van der Waals surface area contributed by atoms with E-state index in [9.17, 15) is 0 Å². The quantitative estimate of drug-likeness (QED) is 0.881. The van der Waals surface area contributed by atoms with E-state index in [2.05, 4.69) is 40.1 Å². The first-order valence-electron chi connectivity index (χ1n) is 6.80. The molecule has 1 atom stereocenters. The molecule has 0 amide bonds. The Morgan fingerprint density at radius 1 is 1.33 bits per heavy atom. The molecule has 1 aromatic heterocycles. The molecular formula is C15H17BrN2O2S. The van der Waals surface area contributed by atoms with E-state index in [-0.39, 0.29) is 6.04 Å². The third-order valence-corrected chi connectivity index (χ3v) is 5.47. The minimum Gasteiger partial charge on any atom is -0.454 e. The normalized spacial score (nSPS) is 14.5. The summed E-state index contributed by atoms with van der Waals surface area (Å²) in [6, 6.07) is 4.26. The first-order valence-corrected chi connectivity index (χ1v) is 8.41. The van der Waals surface area contributed by atoms with Gasteiger partial charge in [0.2, 0.25) is 6.79 Å². The van der Waals surface area contributed by atoms with E-state index in [0.717, 1.165) is 38.8 Å². The molecule has 1 unspecified atom stereocenters. The molecule has 6 heteroatoms. The van der Waals surface area contributed by atoms with Crippen molar-refractivity contribution in [1.82, 2.24) is 10.3 Å². The molecule has 1 aliphatic rings. The van der Waals surface area contributed by atoms with E-state index in [1.165, 1.54) is 4.88 Å². The third-order valence-electron chi connectivity index (χ3n) is 3.47. The molecule has 1 aromatic carbocycles. The number of nitrogens with zero attached hydrogens (tertiary/aromatic N) is 1. The molecule has 0 saturated heterocycles. The molecule has 1 aliphatic heterocycles. The fraction of sp³-hybridized carbons (Fsp3) is 0.400. The standard InChI is InChI=1S/C15H17BrN2O2S/c1-8(15-9(2)18-10(3)21-15)17-6-11-4-13-14(5-12(11)16)20-7-19-13/h4-5,8,17H,6-7H2,1-3H3. The van der Waals surface area contributed by atoms with Crippen LogP contribution in [0.1, 0.15) is 34.1 Å². The Hall–Kier alpha value is -1.11. The average Bonchev–Trinajstić information content (AvgIpc) is 3.01. The molecule has 0 aliphatic carbocycles. The number of benzene rings is 1. The van der Waals surface area contributed by atoms with Gasteiger partial charge in [-0.15, -0.1) is 11.3 Å². The largest absolute Gasteiger partial charge is 0.454 e. The summed E-state index contributed by atoms with van der Waals surface area (Å²) >= 11 is 5.34. The van der Waals surface area contributed by atoms with E-state index in [1.54, 1.807) is 11.3 Å². The third kappa shape index (κ3) is 3.07. The number of nitrogens with one attached hydrogen (secondary N) is 1. The molecule has 4 nitrogen and oxygen atoms in total. The molecule has 21 heavy (non-hydrogen) atoms. The van der Waals surface area contributed by atoms with E-state index in [0.29, 0.717) is 6.79 Å². The lowest BCUT2D eigenvalue weighted by atomic mass is 10.1. The maximum atomic E-state index is 5.43. The van der Waals surface area contributed by atoms with Crippen LogP contribution in [0.3, 0.4) is 0 Å². The monoisotopic (exact) mass is 368 g/mol. The van der Waals surface area contributed by atoms with Crippen molar-refractivity contribution >= 4 is 27.3 Å². The summed E-state index contributed by atoms with van der Waals surface area (Å²) in [6.07, 6.45) is 0. The number of aryl methyl sites for hydroxylation is 2. The van der Waals surface area contributed by atoms with Crippen LogP contribution in [0.15, 0.2) is 16.6 Å². The van der Waals surface area contributed by atoms with Gasteiger partial charge in [-0.3, -0.25) is 0 Å². The van der Waals surface area contributed by atoms with Gasteiger partial charge in [-0.1, -0.05) is 15.9 Å². The zero-order valence-corrected chi connectivity index (χ0v) is 14.6. The van der Waals surface area contributed by atoms with Gasteiger partial charge in [0.15, 0.2) is 11.5 Å². The van der Waals surface area contributed by atoms with Crippen molar-refractivity contribution in [2.24, 2.45) is 0 Å². The van der Waals surface area contributed by atoms with Crippen molar-refractivity contribution in [2.45, 2.75) is 33.4 Å². The zero-order chi connectivity index (χ0) is 15.0. The fourth-order valence-corrected chi connectivity index (χ4v) is 3.82. The maximum absolute atomic E-state index is 5.43. The topological polar surface area (TPSA) is 43.4 Å². The molecule has 2 heterocycles. The SMILES string of the molecule is Cc1nc(C)c(C(C)NCc2cc3c(cc2Br)OCO3)s1. The lowest BCUT2D eigenvalue weighted by molar-refractivity contribution is 0.174. The van der Waals surface area contributed by atoms with Crippen LogP contribution >= 0.6 is 27.3 Å². The van der Waals surface area contributed by atoms with Gasteiger partial charge in [0.05, 0.1) is 10.7 Å². The van der Waals surface area contributed by atoms with Crippen LogP contribution in [-0.2, 0) is 6.54 Å². The van der Waals surface area contributed by atoms with Crippen molar-refractivity contribution in [2.75, 3.05) is 6.79 Å². The molecule has 0 saturated carbocycles. The van der Waals surface area contributed by atoms with Crippen molar-refractivity contribution in [3.63, 3.8) is 0 Å². The number of ether oxygens (including phenoxy) is 2.